The van der Waals surface area contributed by atoms with E-state index >= 15 is 0 Å². The molecule has 1 aliphatic carbocycles. The molecule has 2 rings (SSSR count). The van der Waals surface area contributed by atoms with Crippen LogP contribution in [0.25, 0.3) is 0 Å². The van der Waals surface area contributed by atoms with Gasteiger partial charge in [0.25, 0.3) is 0 Å². The van der Waals surface area contributed by atoms with Gasteiger partial charge in [0.2, 0.25) is 0 Å². The maximum absolute atomic E-state index is 12.0. The van der Waals surface area contributed by atoms with Crippen molar-refractivity contribution in [3.63, 3.8) is 0 Å². The molecule has 1 saturated carbocycles. The third-order valence-electron chi connectivity index (χ3n) is 3.61. The van der Waals surface area contributed by atoms with Crippen molar-refractivity contribution in [2.24, 2.45) is 5.73 Å². The molecule has 98 valence electrons. The van der Waals surface area contributed by atoms with E-state index in [1.807, 2.05) is 30.3 Å². The topological polar surface area (TPSA) is 67.1 Å². The number of rotatable bonds is 3. The summed E-state index contributed by atoms with van der Waals surface area (Å²) in [4.78, 5) is 12.0. The van der Waals surface area contributed by atoms with Crippen LogP contribution >= 0.6 is 0 Å². The Morgan fingerprint density at radius 1 is 1.17 bits per heavy atom. The highest BCUT2D eigenvalue weighted by molar-refractivity contribution is 5.89. The number of para-hydroxylation sites is 1. The maximum atomic E-state index is 12.0. The summed E-state index contributed by atoms with van der Waals surface area (Å²) in [6.07, 6.45) is 5.48. The predicted molar refractivity (Wildman–Crippen MR) is 73.5 cm³/mol. The van der Waals surface area contributed by atoms with Crippen LogP contribution in [-0.4, -0.2) is 18.1 Å². The molecule has 1 aliphatic rings. The second kappa shape index (κ2) is 5.87. The quantitative estimate of drug-likeness (QED) is 0.768. The minimum Gasteiger partial charge on any atom is -0.331 e. The lowest BCUT2D eigenvalue weighted by Crippen LogP contribution is -2.55. The largest absolute Gasteiger partial charge is 0.331 e. The lowest BCUT2D eigenvalue weighted by atomic mass is 9.82. The van der Waals surface area contributed by atoms with Crippen LogP contribution in [0.2, 0.25) is 0 Å². The van der Waals surface area contributed by atoms with Gasteiger partial charge in [0, 0.05) is 12.2 Å². The molecule has 1 aromatic carbocycles. The number of nitrogens with one attached hydrogen (secondary N) is 2. The summed E-state index contributed by atoms with van der Waals surface area (Å²) in [5.41, 5.74) is 6.43. The summed E-state index contributed by atoms with van der Waals surface area (Å²) in [5.74, 6) is 0. The highest BCUT2D eigenvalue weighted by atomic mass is 16.2. The maximum Gasteiger partial charge on any atom is 0.319 e. The molecule has 4 N–H and O–H groups in total. The van der Waals surface area contributed by atoms with Crippen molar-refractivity contribution in [2.75, 3.05) is 11.9 Å². The van der Waals surface area contributed by atoms with Crippen molar-refractivity contribution in [3.05, 3.63) is 30.3 Å². The number of nitrogens with two attached hydrogens (primary N) is 1. The zero-order valence-electron chi connectivity index (χ0n) is 10.6. The van der Waals surface area contributed by atoms with Gasteiger partial charge in [-0.3, -0.25) is 0 Å². The molecule has 18 heavy (non-hydrogen) atoms. The van der Waals surface area contributed by atoms with Crippen molar-refractivity contribution < 1.29 is 4.79 Å². The Bertz CT molecular complexity index is 385. The molecule has 1 aromatic rings. The molecule has 0 aromatic heterocycles. The normalized spacial score (nSPS) is 18.1. The van der Waals surface area contributed by atoms with Crippen LogP contribution in [0.4, 0.5) is 10.5 Å². The predicted octanol–water partition coefficient (Wildman–Crippen LogP) is 2.47. The number of anilines is 1. The third kappa shape index (κ3) is 3.23. The summed E-state index contributed by atoms with van der Waals surface area (Å²) >= 11 is 0. The first kappa shape index (κ1) is 12.9. The number of carbonyl (C=O) groups is 1. The van der Waals surface area contributed by atoms with Crippen LogP contribution in [0, 0.1) is 0 Å². The molecule has 0 atom stereocenters. The molecule has 0 heterocycles. The van der Waals surface area contributed by atoms with Gasteiger partial charge in [-0.05, 0) is 25.0 Å². The van der Waals surface area contributed by atoms with Gasteiger partial charge in [0.15, 0.2) is 0 Å². The van der Waals surface area contributed by atoms with Crippen LogP contribution in [0.15, 0.2) is 30.3 Å². The molecule has 2 amide bonds. The molecule has 0 spiro atoms. The average molecular weight is 247 g/mol. The van der Waals surface area contributed by atoms with Crippen LogP contribution in [0.3, 0.4) is 0 Å². The van der Waals surface area contributed by atoms with E-state index in [0.717, 1.165) is 31.4 Å². The molecule has 0 radical (unpaired) electrons. The van der Waals surface area contributed by atoms with Crippen molar-refractivity contribution in [1.82, 2.24) is 5.32 Å². The van der Waals surface area contributed by atoms with Gasteiger partial charge in [-0.15, -0.1) is 0 Å². The van der Waals surface area contributed by atoms with E-state index in [9.17, 15) is 4.79 Å². The van der Waals surface area contributed by atoms with Crippen molar-refractivity contribution >= 4 is 11.7 Å². The molecular weight excluding hydrogens is 226 g/mol. The highest BCUT2D eigenvalue weighted by Gasteiger charge is 2.32. The van der Waals surface area contributed by atoms with E-state index in [1.54, 1.807) is 0 Å². The lowest BCUT2D eigenvalue weighted by molar-refractivity contribution is 0.215. The van der Waals surface area contributed by atoms with E-state index in [-0.39, 0.29) is 11.6 Å². The molecular formula is C14H21N3O. The highest BCUT2D eigenvalue weighted by Crippen LogP contribution is 2.27. The molecule has 0 saturated heterocycles. The summed E-state index contributed by atoms with van der Waals surface area (Å²) in [6, 6.07) is 9.30. The van der Waals surface area contributed by atoms with E-state index in [0.29, 0.717) is 6.54 Å². The van der Waals surface area contributed by atoms with Gasteiger partial charge in [-0.1, -0.05) is 37.5 Å². The molecule has 4 nitrogen and oxygen atoms in total. The molecule has 1 fully saturated rings. The minimum absolute atomic E-state index is 0.159. The Balaban J connectivity index is 1.93. The van der Waals surface area contributed by atoms with Crippen LogP contribution in [0.5, 0.6) is 0 Å². The lowest BCUT2D eigenvalue weighted by Gasteiger charge is -2.37. The number of amides is 2. The Morgan fingerprint density at radius 2 is 1.83 bits per heavy atom. The Kier molecular flexibility index (Phi) is 4.20. The van der Waals surface area contributed by atoms with Crippen molar-refractivity contribution in [1.29, 1.82) is 0 Å². The summed E-state index contributed by atoms with van der Waals surface area (Å²) in [5, 5.41) is 5.90. The molecule has 0 unspecified atom stereocenters. The first-order chi connectivity index (χ1) is 8.74. The zero-order valence-corrected chi connectivity index (χ0v) is 10.6. The fourth-order valence-corrected chi connectivity index (χ4v) is 2.53. The van der Waals surface area contributed by atoms with E-state index < -0.39 is 0 Å². The van der Waals surface area contributed by atoms with Gasteiger partial charge in [0.05, 0.1) is 5.54 Å². The monoisotopic (exact) mass is 247 g/mol. The smallest absolute Gasteiger partial charge is 0.319 e. The van der Waals surface area contributed by atoms with Crippen molar-refractivity contribution in [2.45, 2.75) is 37.6 Å². The Hall–Kier alpha value is -1.55. The fourth-order valence-electron chi connectivity index (χ4n) is 2.53. The number of benzene rings is 1. The molecule has 0 aliphatic heterocycles. The average Bonchev–Trinajstić information content (AvgIpc) is 2.41. The van der Waals surface area contributed by atoms with Gasteiger partial charge in [-0.2, -0.15) is 0 Å². The number of urea groups is 1. The van der Waals surface area contributed by atoms with Gasteiger partial charge in [-0.25, -0.2) is 4.79 Å². The van der Waals surface area contributed by atoms with Crippen LogP contribution in [-0.2, 0) is 0 Å². The second-order valence-electron chi connectivity index (χ2n) is 4.99. The van der Waals surface area contributed by atoms with E-state index in [4.69, 9.17) is 5.73 Å². The standard InChI is InChI=1S/C14H21N3O/c15-11-14(9-5-2-6-10-14)17-13(18)16-12-7-3-1-4-8-12/h1,3-4,7-8H,2,5-6,9-11,15H2,(H2,16,17,18). The first-order valence-corrected chi connectivity index (χ1v) is 6.58. The number of hydrogen-bond donors (Lipinski definition) is 3. The zero-order chi connectivity index (χ0) is 12.8. The Morgan fingerprint density at radius 3 is 2.44 bits per heavy atom. The summed E-state index contributed by atoms with van der Waals surface area (Å²) in [6.45, 7) is 0.509. The fraction of sp³-hybridized carbons (Fsp3) is 0.500. The third-order valence-corrected chi connectivity index (χ3v) is 3.61. The summed E-state index contributed by atoms with van der Waals surface area (Å²) < 4.78 is 0. The van der Waals surface area contributed by atoms with E-state index in [1.165, 1.54) is 6.42 Å². The van der Waals surface area contributed by atoms with Crippen LogP contribution in [0.1, 0.15) is 32.1 Å². The van der Waals surface area contributed by atoms with Gasteiger partial charge < -0.3 is 16.4 Å². The number of carbonyl (C=O) groups excluding carboxylic acids is 1. The molecule has 0 bridgehead atoms. The Labute approximate surface area is 108 Å². The van der Waals surface area contributed by atoms with Gasteiger partial charge >= 0.3 is 6.03 Å². The molecule has 4 heteroatoms. The minimum atomic E-state index is -0.211. The van der Waals surface area contributed by atoms with E-state index in [2.05, 4.69) is 10.6 Å². The van der Waals surface area contributed by atoms with Crippen molar-refractivity contribution in [3.8, 4) is 0 Å². The second-order valence-corrected chi connectivity index (χ2v) is 4.99. The SMILES string of the molecule is NCC1(NC(=O)Nc2ccccc2)CCCCC1. The number of hydrogen-bond acceptors (Lipinski definition) is 2. The van der Waals surface area contributed by atoms with Crippen LogP contribution < -0.4 is 16.4 Å². The first-order valence-electron chi connectivity index (χ1n) is 6.58. The van der Waals surface area contributed by atoms with Gasteiger partial charge in [0.1, 0.15) is 0 Å². The summed E-state index contributed by atoms with van der Waals surface area (Å²) in [7, 11) is 0.